The second-order valence-electron chi connectivity index (χ2n) is 6.26. The molecule has 3 amide bonds. The Hall–Kier alpha value is -3.03. The van der Waals surface area contributed by atoms with Gasteiger partial charge in [0.1, 0.15) is 11.4 Å². The number of urea groups is 1. The van der Waals surface area contributed by atoms with E-state index in [1.807, 2.05) is 0 Å². The van der Waals surface area contributed by atoms with E-state index < -0.39 is 23.5 Å². The zero-order valence-electron chi connectivity index (χ0n) is 14.2. The van der Waals surface area contributed by atoms with Crippen molar-refractivity contribution in [3.8, 4) is 0 Å². The molecule has 7 nitrogen and oxygen atoms in total. The first kappa shape index (κ1) is 18.3. The maximum Gasteiger partial charge on any atom is 0.412 e. The predicted octanol–water partition coefficient (Wildman–Crippen LogP) is 4.09. The van der Waals surface area contributed by atoms with E-state index in [-0.39, 0.29) is 12.2 Å². The molecule has 0 spiro atoms. The van der Waals surface area contributed by atoms with Crippen LogP contribution in [0.4, 0.5) is 25.4 Å². The number of benzene rings is 1. The van der Waals surface area contributed by atoms with Crippen LogP contribution < -0.4 is 16.0 Å². The van der Waals surface area contributed by atoms with E-state index in [0.717, 1.165) is 11.6 Å². The van der Waals surface area contributed by atoms with Gasteiger partial charge in [-0.3, -0.25) is 5.32 Å². The molecule has 1 aromatic carbocycles. The third-order valence-electron chi connectivity index (χ3n) is 2.89. The molecule has 134 valence electrons. The zero-order chi connectivity index (χ0) is 18.4. The lowest BCUT2D eigenvalue weighted by atomic mass is 10.2. The molecule has 0 saturated carbocycles. The van der Waals surface area contributed by atoms with Crippen molar-refractivity contribution in [3.05, 3.63) is 48.2 Å². The van der Waals surface area contributed by atoms with Crippen molar-refractivity contribution in [1.82, 2.24) is 5.32 Å². The third kappa shape index (κ3) is 6.17. The summed E-state index contributed by atoms with van der Waals surface area (Å²) in [4.78, 5) is 23.6. The maximum atomic E-state index is 13.8. The molecule has 0 aliphatic carbocycles. The fraction of sp³-hybridized carbons (Fsp3) is 0.294. The summed E-state index contributed by atoms with van der Waals surface area (Å²) in [6.45, 7) is 5.38. The van der Waals surface area contributed by atoms with Crippen LogP contribution >= 0.6 is 0 Å². The van der Waals surface area contributed by atoms with Crippen LogP contribution in [0.15, 0.2) is 41.2 Å². The smallest absolute Gasteiger partial charge is 0.412 e. The van der Waals surface area contributed by atoms with Crippen LogP contribution in [-0.2, 0) is 11.3 Å². The molecule has 0 atom stereocenters. The average Bonchev–Trinajstić information content (AvgIpc) is 3.00. The Balaban J connectivity index is 1.95. The molecule has 0 saturated heterocycles. The molecule has 1 heterocycles. The fourth-order valence-electron chi connectivity index (χ4n) is 1.86. The SMILES string of the molecule is CC(C)(C)OC(=O)Nc1cc(NC(=O)NCc2ccoc2)ccc1F. The molecule has 0 aliphatic rings. The minimum Gasteiger partial charge on any atom is -0.472 e. The van der Waals surface area contributed by atoms with Crippen molar-refractivity contribution >= 4 is 23.5 Å². The van der Waals surface area contributed by atoms with E-state index >= 15 is 0 Å². The molecule has 8 heteroatoms. The van der Waals surface area contributed by atoms with Crippen LogP contribution in [0.3, 0.4) is 0 Å². The molecule has 0 aliphatic heterocycles. The summed E-state index contributed by atoms with van der Waals surface area (Å²) in [5, 5.41) is 7.49. The predicted molar refractivity (Wildman–Crippen MR) is 90.8 cm³/mol. The molecular formula is C17H20FN3O4. The number of hydrogen-bond acceptors (Lipinski definition) is 4. The minimum absolute atomic E-state index is 0.0955. The summed E-state index contributed by atoms with van der Waals surface area (Å²) in [5.41, 5.74) is 0.323. The number of halogens is 1. The minimum atomic E-state index is -0.784. The summed E-state index contributed by atoms with van der Waals surface area (Å²) in [6, 6.07) is 5.07. The molecule has 1 aromatic heterocycles. The lowest BCUT2D eigenvalue weighted by Gasteiger charge is -2.20. The van der Waals surface area contributed by atoms with Crippen LogP contribution in [0, 0.1) is 5.82 Å². The maximum absolute atomic E-state index is 13.8. The Kier molecular flexibility index (Phi) is 5.63. The van der Waals surface area contributed by atoms with Gasteiger partial charge >= 0.3 is 12.1 Å². The van der Waals surface area contributed by atoms with Gasteiger partial charge in [0, 0.05) is 17.8 Å². The highest BCUT2D eigenvalue weighted by molar-refractivity contribution is 5.91. The Labute approximate surface area is 144 Å². The second-order valence-corrected chi connectivity index (χ2v) is 6.26. The van der Waals surface area contributed by atoms with Gasteiger partial charge in [-0.2, -0.15) is 0 Å². The quantitative estimate of drug-likeness (QED) is 0.775. The van der Waals surface area contributed by atoms with Crippen LogP contribution in [0.5, 0.6) is 0 Å². The summed E-state index contributed by atoms with van der Waals surface area (Å²) >= 11 is 0. The van der Waals surface area contributed by atoms with Gasteiger partial charge in [0.2, 0.25) is 0 Å². The summed E-state index contributed by atoms with van der Waals surface area (Å²) in [6.07, 6.45) is 2.23. The molecule has 2 aromatic rings. The van der Waals surface area contributed by atoms with E-state index in [2.05, 4.69) is 16.0 Å². The molecule has 0 bridgehead atoms. The van der Waals surface area contributed by atoms with Crippen LogP contribution in [0.2, 0.25) is 0 Å². The first-order valence-electron chi connectivity index (χ1n) is 7.58. The van der Waals surface area contributed by atoms with E-state index in [1.165, 1.54) is 24.7 Å². The molecule has 2 rings (SSSR count). The van der Waals surface area contributed by atoms with E-state index in [1.54, 1.807) is 26.8 Å². The standard InChI is InChI=1S/C17H20FN3O4/c1-17(2,3)25-16(23)21-14-8-12(4-5-13(14)18)20-15(22)19-9-11-6-7-24-10-11/h4-8,10H,9H2,1-3H3,(H,21,23)(H2,19,20,22). The fourth-order valence-corrected chi connectivity index (χ4v) is 1.86. The van der Waals surface area contributed by atoms with Gasteiger partial charge in [0.05, 0.1) is 18.2 Å². The summed E-state index contributed by atoms with van der Waals surface area (Å²) in [5.74, 6) is -0.643. The normalized spacial score (nSPS) is 10.9. The van der Waals surface area contributed by atoms with Gasteiger partial charge in [0.25, 0.3) is 0 Å². The molecule has 0 radical (unpaired) electrons. The molecule has 3 N–H and O–H groups in total. The number of furan rings is 1. The Morgan fingerprint density at radius 2 is 1.96 bits per heavy atom. The van der Waals surface area contributed by atoms with Gasteiger partial charge < -0.3 is 19.8 Å². The van der Waals surface area contributed by atoms with Crippen molar-refractivity contribution in [3.63, 3.8) is 0 Å². The van der Waals surface area contributed by atoms with Crippen molar-refractivity contribution in [2.75, 3.05) is 10.6 Å². The lowest BCUT2D eigenvalue weighted by Crippen LogP contribution is -2.28. The van der Waals surface area contributed by atoms with E-state index in [4.69, 9.17) is 9.15 Å². The average molecular weight is 349 g/mol. The molecule has 25 heavy (non-hydrogen) atoms. The number of ether oxygens (including phenoxy) is 1. The number of nitrogens with one attached hydrogen (secondary N) is 3. The van der Waals surface area contributed by atoms with Gasteiger partial charge in [-0.05, 0) is 45.0 Å². The van der Waals surface area contributed by atoms with Crippen molar-refractivity contribution in [2.24, 2.45) is 0 Å². The largest absolute Gasteiger partial charge is 0.472 e. The molecular weight excluding hydrogens is 329 g/mol. The van der Waals surface area contributed by atoms with Gasteiger partial charge in [-0.15, -0.1) is 0 Å². The van der Waals surface area contributed by atoms with Gasteiger partial charge in [0.15, 0.2) is 0 Å². The number of carbonyl (C=O) groups is 2. The molecule has 0 fully saturated rings. The highest BCUT2D eigenvalue weighted by Crippen LogP contribution is 2.20. The number of rotatable bonds is 4. The second kappa shape index (κ2) is 7.69. The third-order valence-corrected chi connectivity index (χ3v) is 2.89. The number of carbonyl (C=O) groups excluding carboxylic acids is 2. The number of anilines is 2. The number of amides is 3. The van der Waals surface area contributed by atoms with Crippen LogP contribution in [0.1, 0.15) is 26.3 Å². The van der Waals surface area contributed by atoms with Gasteiger partial charge in [-0.1, -0.05) is 0 Å². The molecule has 0 unspecified atom stereocenters. The van der Waals surface area contributed by atoms with Crippen molar-refractivity contribution in [1.29, 1.82) is 0 Å². The topological polar surface area (TPSA) is 92.6 Å². The highest BCUT2D eigenvalue weighted by Gasteiger charge is 2.17. The van der Waals surface area contributed by atoms with E-state index in [0.29, 0.717) is 5.69 Å². The first-order valence-corrected chi connectivity index (χ1v) is 7.58. The monoisotopic (exact) mass is 349 g/mol. The zero-order valence-corrected chi connectivity index (χ0v) is 14.2. The van der Waals surface area contributed by atoms with Crippen LogP contribution in [-0.4, -0.2) is 17.7 Å². The summed E-state index contributed by atoms with van der Waals surface area (Å²) < 4.78 is 23.8. The Morgan fingerprint density at radius 3 is 2.60 bits per heavy atom. The first-order chi connectivity index (χ1) is 11.7. The Bertz CT molecular complexity index is 739. The lowest BCUT2D eigenvalue weighted by molar-refractivity contribution is 0.0635. The number of hydrogen-bond donors (Lipinski definition) is 3. The van der Waals surface area contributed by atoms with Gasteiger partial charge in [-0.25, -0.2) is 14.0 Å². The van der Waals surface area contributed by atoms with E-state index in [9.17, 15) is 14.0 Å². The van der Waals surface area contributed by atoms with Crippen molar-refractivity contribution < 1.29 is 23.1 Å². The Morgan fingerprint density at radius 1 is 1.20 bits per heavy atom. The summed E-state index contributed by atoms with van der Waals surface area (Å²) in [7, 11) is 0. The van der Waals surface area contributed by atoms with Crippen LogP contribution in [0.25, 0.3) is 0 Å². The van der Waals surface area contributed by atoms with Crippen molar-refractivity contribution in [2.45, 2.75) is 32.9 Å². The highest BCUT2D eigenvalue weighted by atomic mass is 19.1.